The van der Waals surface area contributed by atoms with E-state index in [1.54, 1.807) is 25.7 Å². The summed E-state index contributed by atoms with van der Waals surface area (Å²) < 4.78 is 6.60. The average Bonchev–Trinajstić information content (AvgIpc) is 2.67. The summed E-state index contributed by atoms with van der Waals surface area (Å²) in [4.78, 5) is 21.0. The van der Waals surface area contributed by atoms with Crippen LogP contribution in [0.5, 0.6) is 5.75 Å². The molecule has 0 aliphatic carbocycles. The van der Waals surface area contributed by atoms with Gasteiger partial charge in [-0.3, -0.25) is 14.8 Å². The van der Waals surface area contributed by atoms with Crippen molar-refractivity contribution in [1.29, 1.82) is 0 Å². The van der Waals surface area contributed by atoms with Crippen LogP contribution in [0, 0.1) is 0 Å². The van der Waals surface area contributed by atoms with Gasteiger partial charge in [0.25, 0.3) is 0 Å². The molecule has 1 amide bonds. The van der Waals surface area contributed by atoms with E-state index < -0.39 is 0 Å². The molecule has 0 aliphatic rings. The van der Waals surface area contributed by atoms with E-state index in [9.17, 15) is 4.79 Å². The molecule has 1 unspecified atom stereocenters. The van der Waals surface area contributed by atoms with Crippen LogP contribution in [0.25, 0.3) is 10.9 Å². The molecule has 0 aliphatic heterocycles. The van der Waals surface area contributed by atoms with Gasteiger partial charge in [-0.25, -0.2) is 0 Å². The van der Waals surface area contributed by atoms with Crippen LogP contribution < -0.4 is 10.1 Å². The third-order valence-corrected chi connectivity index (χ3v) is 4.80. The van der Waals surface area contributed by atoms with Crippen molar-refractivity contribution >= 4 is 32.7 Å². The number of rotatable bonds is 6. The SMILES string of the molecule is CCCC(=O)NC(c1cccnc1)c1cc(Br)c2cccnc2c1OC. The predicted octanol–water partition coefficient (Wildman–Crippen LogP) is 4.41. The van der Waals surface area contributed by atoms with Gasteiger partial charge in [0, 0.05) is 40.4 Å². The molecule has 3 rings (SSSR count). The number of amides is 1. The number of fused-ring (bicyclic) bond motifs is 1. The van der Waals surface area contributed by atoms with E-state index in [0.717, 1.165) is 32.9 Å². The molecular weight excluding hydrogens is 394 g/mol. The van der Waals surface area contributed by atoms with Gasteiger partial charge in [-0.1, -0.05) is 35.0 Å². The monoisotopic (exact) mass is 413 g/mol. The second kappa shape index (κ2) is 8.27. The number of halogens is 1. The van der Waals surface area contributed by atoms with E-state index in [1.807, 2.05) is 37.3 Å². The molecule has 0 saturated heterocycles. The molecule has 1 N–H and O–H groups in total. The fourth-order valence-electron chi connectivity index (χ4n) is 2.97. The van der Waals surface area contributed by atoms with Crippen molar-refractivity contribution in [2.75, 3.05) is 7.11 Å². The van der Waals surface area contributed by atoms with Crippen LogP contribution in [0.2, 0.25) is 0 Å². The van der Waals surface area contributed by atoms with Gasteiger partial charge in [0.15, 0.2) is 5.75 Å². The first kappa shape index (κ1) is 18.3. The van der Waals surface area contributed by atoms with E-state index in [1.165, 1.54) is 0 Å². The first-order valence-corrected chi connectivity index (χ1v) is 9.25. The average molecular weight is 414 g/mol. The molecule has 2 heterocycles. The largest absolute Gasteiger partial charge is 0.494 e. The van der Waals surface area contributed by atoms with Gasteiger partial charge in [-0.15, -0.1) is 0 Å². The summed E-state index contributed by atoms with van der Waals surface area (Å²) in [5.41, 5.74) is 2.47. The lowest BCUT2D eigenvalue weighted by atomic mass is 9.97. The van der Waals surface area contributed by atoms with Gasteiger partial charge < -0.3 is 10.1 Å². The Morgan fingerprint density at radius 3 is 2.81 bits per heavy atom. The molecular formula is C20H20BrN3O2. The Balaban J connectivity index is 2.18. The molecule has 26 heavy (non-hydrogen) atoms. The van der Waals surface area contributed by atoms with Crippen molar-refractivity contribution < 1.29 is 9.53 Å². The molecule has 0 bridgehead atoms. The fourth-order valence-corrected chi connectivity index (χ4v) is 3.54. The highest BCUT2D eigenvalue weighted by Gasteiger charge is 2.24. The van der Waals surface area contributed by atoms with Crippen molar-refractivity contribution in [2.45, 2.75) is 25.8 Å². The maximum absolute atomic E-state index is 12.3. The standard InChI is InChI=1S/C20H20BrN3O2/c1-3-6-17(25)24-18(13-7-4-9-22-12-13)15-11-16(21)14-8-5-10-23-19(14)20(15)26-2/h4-5,7-12,18H,3,6H2,1-2H3,(H,24,25). The number of nitrogens with one attached hydrogen (secondary N) is 1. The number of ether oxygens (including phenoxy) is 1. The highest BCUT2D eigenvalue weighted by molar-refractivity contribution is 9.10. The summed E-state index contributed by atoms with van der Waals surface area (Å²) in [5.74, 6) is 0.634. The number of nitrogens with zero attached hydrogens (tertiary/aromatic N) is 2. The molecule has 0 radical (unpaired) electrons. The zero-order chi connectivity index (χ0) is 18.5. The first-order chi connectivity index (χ1) is 12.7. The van der Waals surface area contributed by atoms with Gasteiger partial charge in [-0.05, 0) is 30.2 Å². The first-order valence-electron chi connectivity index (χ1n) is 8.46. The van der Waals surface area contributed by atoms with Gasteiger partial charge in [0.2, 0.25) is 5.91 Å². The van der Waals surface area contributed by atoms with E-state index in [-0.39, 0.29) is 11.9 Å². The molecule has 2 aromatic heterocycles. The molecule has 6 heteroatoms. The maximum Gasteiger partial charge on any atom is 0.220 e. The summed E-state index contributed by atoms with van der Waals surface area (Å²) in [6.45, 7) is 1.98. The third-order valence-electron chi connectivity index (χ3n) is 4.14. The second-order valence-corrected chi connectivity index (χ2v) is 6.77. The number of aromatic nitrogens is 2. The maximum atomic E-state index is 12.3. The number of hydrogen-bond donors (Lipinski definition) is 1. The summed E-state index contributed by atoms with van der Waals surface area (Å²) in [7, 11) is 1.62. The minimum atomic E-state index is -0.375. The van der Waals surface area contributed by atoms with Gasteiger partial charge in [0.1, 0.15) is 5.52 Å². The topological polar surface area (TPSA) is 64.1 Å². The van der Waals surface area contributed by atoms with Gasteiger partial charge in [0.05, 0.1) is 13.2 Å². The third kappa shape index (κ3) is 3.70. The molecule has 5 nitrogen and oxygen atoms in total. The van der Waals surface area contributed by atoms with Crippen LogP contribution in [0.3, 0.4) is 0 Å². The summed E-state index contributed by atoms with van der Waals surface area (Å²) in [6, 6.07) is 9.27. The van der Waals surface area contributed by atoms with E-state index in [0.29, 0.717) is 12.2 Å². The zero-order valence-corrected chi connectivity index (χ0v) is 16.3. The molecule has 0 spiro atoms. The van der Waals surface area contributed by atoms with E-state index >= 15 is 0 Å². The van der Waals surface area contributed by atoms with Crippen LogP contribution in [-0.2, 0) is 4.79 Å². The minimum absolute atomic E-state index is 0.0133. The molecule has 134 valence electrons. The van der Waals surface area contributed by atoms with Gasteiger partial charge in [-0.2, -0.15) is 0 Å². The highest BCUT2D eigenvalue weighted by atomic mass is 79.9. The molecule has 0 fully saturated rings. The lowest BCUT2D eigenvalue weighted by Gasteiger charge is -2.23. The van der Waals surface area contributed by atoms with Crippen LogP contribution in [0.1, 0.15) is 36.9 Å². The smallest absolute Gasteiger partial charge is 0.220 e. The molecule has 1 atom stereocenters. The van der Waals surface area contributed by atoms with Crippen molar-refractivity contribution in [3.05, 3.63) is 64.5 Å². The van der Waals surface area contributed by atoms with Crippen LogP contribution in [-0.4, -0.2) is 23.0 Å². The van der Waals surface area contributed by atoms with Crippen molar-refractivity contribution in [1.82, 2.24) is 15.3 Å². The number of hydrogen-bond acceptors (Lipinski definition) is 4. The number of methoxy groups -OCH3 is 1. The van der Waals surface area contributed by atoms with E-state index in [4.69, 9.17) is 4.74 Å². The lowest BCUT2D eigenvalue weighted by Crippen LogP contribution is -2.29. The Morgan fingerprint density at radius 2 is 2.12 bits per heavy atom. The number of carbonyl (C=O) groups excluding carboxylic acids is 1. The Labute approximate surface area is 160 Å². The van der Waals surface area contributed by atoms with Crippen LogP contribution in [0.15, 0.2) is 53.4 Å². The Kier molecular flexibility index (Phi) is 5.83. The highest BCUT2D eigenvalue weighted by Crippen LogP contribution is 2.39. The normalized spacial score (nSPS) is 12.0. The summed E-state index contributed by atoms with van der Waals surface area (Å²) in [6.07, 6.45) is 6.45. The molecule has 1 aromatic carbocycles. The number of carbonyl (C=O) groups is 1. The molecule has 3 aromatic rings. The predicted molar refractivity (Wildman–Crippen MR) is 105 cm³/mol. The quantitative estimate of drug-likeness (QED) is 0.649. The number of pyridine rings is 2. The Bertz CT molecular complexity index is 916. The van der Waals surface area contributed by atoms with Crippen molar-refractivity contribution in [3.8, 4) is 5.75 Å². The van der Waals surface area contributed by atoms with Crippen LogP contribution >= 0.6 is 15.9 Å². The Morgan fingerprint density at radius 1 is 1.31 bits per heavy atom. The fraction of sp³-hybridized carbons (Fsp3) is 0.250. The lowest BCUT2D eigenvalue weighted by molar-refractivity contribution is -0.121. The minimum Gasteiger partial charge on any atom is -0.494 e. The number of benzene rings is 1. The molecule has 0 saturated carbocycles. The van der Waals surface area contributed by atoms with Gasteiger partial charge >= 0.3 is 0 Å². The Hall–Kier alpha value is -2.47. The second-order valence-electron chi connectivity index (χ2n) is 5.92. The summed E-state index contributed by atoms with van der Waals surface area (Å²) in [5, 5.41) is 4.07. The van der Waals surface area contributed by atoms with E-state index in [2.05, 4.69) is 31.2 Å². The van der Waals surface area contributed by atoms with Crippen molar-refractivity contribution in [2.24, 2.45) is 0 Å². The summed E-state index contributed by atoms with van der Waals surface area (Å²) >= 11 is 3.63. The van der Waals surface area contributed by atoms with Crippen LogP contribution in [0.4, 0.5) is 0 Å². The zero-order valence-electron chi connectivity index (χ0n) is 14.7. The van der Waals surface area contributed by atoms with Crippen molar-refractivity contribution in [3.63, 3.8) is 0 Å².